The molecule has 1 unspecified atom stereocenters. The molecule has 2 aromatic carbocycles. The number of amides is 1. The second-order valence-corrected chi connectivity index (χ2v) is 7.67. The lowest BCUT2D eigenvalue weighted by Crippen LogP contribution is -2.40. The van der Waals surface area contributed by atoms with Gasteiger partial charge in [0.15, 0.2) is 0 Å². The first-order valence-electron chi connectivity index (χ1n) is 9.93. The Bertz CT molecular complexity index is 983. The molecule has 0 saturated carbocycles. The highest BCUT2D eigenvalue weighted by atomic mass is 19.1. The van der Waals surface area contributed by atoms with E-state index in [2.05, 4.69) is 15.3 Å². The summed E-state index contributed by atoms with van der Waals surface area (Å²) in [6, 6.07) is 14.1. The molecule has 150 valence electrons. The van der Waals surface area contributed by atoms with E-state index in [1.807, 2.05) is 43.7 Å². The number of hydrogen-bond donors (Lipinski definition) is 1. The Hall–Kier alpha value is -2.99. The molecule has 2 heterocycles. The number of likely N-dealkylation sites (tertiary alicyclic amines) is 1. The quantitative estimate of drug-likeness (QED) is 0.712. The predicted molar refractivity (Wildman–Crippen MR) is 112 cm³/mol. The summed E-state index contributed by atoms with van der Waals surface area (Å²) < 4.78 is 15.0. The van der Waals surface area contributed by atoms with Crippen molar-refractivity contribution in [2.24, 2.45) is 13.0 Å². The summed E-state index contributed by atoms with van der Waals surface area (Å²) in [6.07, 6.45) is 5.80. The largest absolute Gasteiger partial charge is 0.326 e. The van der Waals surface area contributed by atoms with Crippen LogP contribution in [0.2, 0.25) is 0 Å². The number of anilines is 1. The Morgan fingerprint density at radius 1 is 1.21 bits per heavy atom. The monoisotopic (exact) mass is 392 g/mol. The zero-order valence-corrected chi connectivity index (χ0v) is 16.5. The summed E-state index contributed by atoms with van der Waals surface area (Å²) in [6.45, 7) is 2.56. The van der Waals surface area contributed by atoms with Gasteiger partial charge in [0.1, 0.15) is 5.82 Å². The van der Waals surface area contributed by atoms with Gasteiger partial charge in [-0.2, -0.15) is 5.10 Å². The average molecular weight is 392 g/mol. The third-order valence-corrected chi connectivity index (χ3v) is 5.35. The summed E-state index contributed by atoms with van der Waals surface area (Å²) in [7, 11) is 1.91. The minimum atomic E-state index is -0.258. The van der Waals surface area contributed by atoms with Gasteiger partial charge < -0.3 is 5.32 Å². The molecule has 3 aromatic rings. The first kappa shape index (κ1) is 19.3. The molecule has 0 aliphatic carbocycles. The highest BCUT2D eigenvalue weighted by Gasteiger charge is 2.26. The van der Waals surface area contributed by atoms with Gasteiger partial charge in [-0.3, -0.25) is 14.4 Å². The van der Waals surface area contributed by atoms with E-state index in [-0.39, 0.29) is 17.6 Å². The fraction of sp³-hybridized carbons (Fsp3) is 0.304. The molecule has 1 aliphatic rings. The average Bonchev–Trinajstić information content (AvgIpc) is 3.13. The molecule has 0 spiro atoms. The van der Waals surface area contributed by atoms with Gasteiger partial charge in [-0.05, 0) is 54.8 Å². The third kappa shape index (κ3) is 4.90. The first-order valence-corrected chi connectivity index (χ1v) is 9.93. The van der Waals surface area contributed by atoms with E-state index in [0.29, 0.717) is 0 Å². The molecule has 6 heteroatoms. The standard InChI is InChI=1S/C23H25FN4O/c1-27-14-17(13-25-27)15-28-11-3-5-20(16-28)23(29)26-22-6-2-4-19(12-22)18-7-9-21(24)10-8-18/h2,4,6-10,12-14,20H,3,5,11,15-16H2,1H3,(H,26,29). The SMILES string of the molecule is Cn1cc(CN2CCCC(C(=O)Nc3cccc(-c4ccc(F)cc4)c3)C2)cn1. The second-order valence-electron chi connectivity index (χ2n) is 7.67. The fourth-order valence-electron chi connectivity index (χ4n) is 3.89. The number of nitrogens with zero attached hydrogens (tertiary/aromatic N) is 3. The van der Waals surface area contributed by atoms with E-state index in [9.17, 15) is 9.18 Å². The molecule has 0 bridgehead atoms. The highest BCUT2D eigenvalue weighted by Crippen LogP contribution is 2.25. The van der Waals surface area contributed by atoms with Crippen molar-refractivity contribution in [3.63, 3.8) is 0 Å². The second kappa shape index (κ2) is 8.57. The molecule has 1 N–H and O–H groups in total. The summed E-state index contributed by atoms with van der Waals surface area (Å²) >= 11 is 0. The lowest BCUT2D eigenvalue weighted by molar-refractivity contribution is -0.121. The van der Waals surface area contributed by atoms with Crippen molar-refractivity contribution >= 4 is 11.6 Å². The summed E-state index contributed by atoms with van der Waals surface area (Å²) in [5.74, 6) is -0.238. The number of halogens is 1. The molecular weight excluding hydrogens is 367 g/mol. The zero-order chi connectivity index (χ0) is 20.2. The van der Waals surface area contributed by atoms with Crippen molar-refractivity contribution in [3.05, 3.63) is 72.3 Å². The summed E-state index contributed by atoms with van der Waals surface area (Å²) in [4.78, 5) is 15.2. The molecule has 29 heavy (non-hydrogen) atoms. The fourth-order valence-corrected chi connectivity index (χ4v) is 3.89. The van der Waals surface area contributed by atoms with Crippen molar-refractivity contribution in [3.8, 4) is 11.1 Å². The van der Waals surface area contributed by atoms with E-state index >= 15 is 0 Å². The number of carbonyl (C=O) groups is 1. The van der Waals surface area contributed by atoms with Crippen LogP contribution in [0.1, 0.15) is 18.4 Å². The Balaban J connectivity index is 1.39. The van der Waals surface area contributed by atoms with Crippen LogP contribution < -0.4 is 5.32 Å². The Morgan fingerprint density at radius 2 is 2.03 bits per heavy atom. The molecule has 1 aliphatic heterocycles. The minimum absolute atomic E-state index is 0.0325. The normalized spacial score (nSPS) is 17.2. The Morgan fingerprint density at radius 3 is 2.79 bits per heavy atom. The molecule has 1 fully saturated rings. The van der Waals surface area contributed by atoms with Gasteiger partial charge in [0, 0.05) is 37.6 Å². The van der Waals surface area contributed by atoms with Gasteiger partial charge in [-0.15, -0.1) is 0 Å². The smallest absolute Gasteiger partial charge is 0.228 e. The van der Waals surface area contributed by atoms with Gasteiger partial charge in [-0.1, -0.05) is 24.3 Å². The number of carbonyl (C=O) groups excluding carboxylic acids is 1. The minimum Gasteiger partial charge on any atom is -0.326 e. The zero-order valence-electron chi connectivity index (χ0n) is 16.5. The topological polar surface area (TPSA) is 50.2 Å². The van der Waals surface area contributed by atoms with Crippen molar-refractivity contribution < 1.29 is 9.18 Å². The van der Waals surface area contributed by atoms with Crippen molar-refractivity contribution in [1.29, 1.82) is 0 Å². The number of piperidine rings is 1. The van der Waals surface area contributed by atoms with Crippen LogP contribution in [-0.2, 0) is 18.4 Å². The Kier molecular flexibility index (Phi) is 5.71. The predicted octanol–water partition coefficient (Wildman–Crippen LogP) is 4.08. The van der Waals surface area contributed by atoms with Gasteiger partial charge >= 0.3 is 0 Å². The maximum absolute atomic E-state index is 13.2. The lowest BCUT2D eigenvalue weighted by Gasteiger charge is -2.31. The number of rotatable bonds is 5. The third-order valence-electron chi connectivity index (χ3n) is 5.35. The first-order chi connectivity index (χ1) is 14.1. The lowest BCUT2D eigenvalue weighted by atomic mass is 9.96. The molecule has 1 amide bonds. The summed E-state index contributed by atoms with van der Waals surface area (Å²) in [5.41, 5.74) is 3.80. The number of benzene rings is 2. The molecule has 0 radical (unpaired) electrons. The van der Waals surface area contributed by atoms with Crippen molar-refractivity contribution in [2.75, 3.05) is 18.4 Å². The van der Waals surface area contributed by atoms with Gasteiger partial charge in [-0.25, -0.2) is 4.39 Å². The van der Waals surface area contributed by atoms with E-state index in [1.165, 1.54) is 17.7 Å². The van der Waals surface area contributed by atoms with Crippen LogP contribution in [-0.4, -0.2) is 33.7 Å². The number of nitrogens with one attached hydrogen (secondary N) is 1. The van der Waals surface area contributed by atoms with Gasteiger partial charge in [0.2, 0.25) is 5.91 Å². The molecule has 1 atom stereocenters. The highest BCUT2D eigenvalue weighted by molar-refractivity contribution is 5.93. The summed E-state index contributed by atoms with van der Waals surface area (Å²) in [5, 5.41) is 7.29. The van der Waals surface area contributed by atoms with Crippen LogP contribution in [0.25, 0.3) is 11.1 Å². The van der Waals surface area contributed by atoms with E-state index in [1.54, 1.807) is 16.8 Å². The number of hydrogen-bond acceptors (Lipinski definition) is 3. The molecule has 4 rings (SSSR count). The number of aryl methyl sites for hydroxylation is 1. The van der Waals surface area contributed by atoms with Crippen LogP contribution in [0, 0.1) is 11.7 Å². The maximum Gasteiger partial charge on any atom is 0.228 e. The van der Waals surface area contributed by atoms with Crippen LogP contribution in [0.3, 0.4) is 0 Å². The van der Waals surface area contributed by atoms with Crippen molar-refractivity contribution in [1.82, 2.24) is 14.7 Å². The molecular formula is C23H25FN4O. The van der Waals surface area contributed by atoms with Crippen LogP contribution in [0.15, 0.2) is 60.9 Å². The Labute approximate surface area is 170 Å². The van der Waals surface area contributed by atoms with E-state index in [0.717, 1.165) is 49.3 Å². The van der Waals surface area contributed by atoms with E-state index < -0.39 is 0 Å². The van der Waals surface area contributed by atoms with E-state index in [4.69, 9.17) is 0 Å². The van der Waals surface area contributed by atoms with Crippen LogP contribution in [0.4, 0.5) is 10.1 Å². The van der Waals surface area contributed by atoms with Gasteiger partial charge in [0.05, 0.1) is 12.1 Å². The number of aromatic nitrogens is 2. The molecule has 1 aromatic heterocycles. The maximum atomic E-state index is 13.2. The van der Waals surface area contributed by atoms with Crippen molar-refractivity contribution in [2.45, 2.75) is 19.4 Å². The van der Waals surface area contributed by atoms with Crippen LogP contribution in [0.5, 0.6) is 0 Å². The van der Waals surface area contributed by atoms with Crippen LogP contribution >= 0.6 is 0 Å². The molecule has 5 nitrogen and oxygen atoms in total. The van der Waals surface area contributed by atoms with Gasteiger partial charge in [0.25, 0.3) is 0 Å². The molecule has 1 saturated heterocycles.